The van der Waals surface area contributed by atoms with E-state index in [1.807, 2.05) is 72.8 Å². The first-order valence-corrected chi connectivity index (χ1v) is 10.4. The Morgan fingerprint density at radius 2 is 1.53 bits per heavy atom. The van der Waals surface area contributed by atoms with Gasteiger partial charge in [-0.05, 0) is 46.9 Å². The van der Waals surface area contributed by atoms with Gasteiger partial charge in [0.25, 0.3) is 0 Å². The molecule has 0 bridgehead atoms. The summed E-state index contributed by atoms with van der Waals surface area (Å²) in [6, 6.07) is 24.9. The van der Waals surface area contributed by atoms with Crippen molar-refractivity contribution in [1.82, 2.24) is 0 Å². The van der Waals surface area contributed by atoms with E-state index in [2.05, 4.69) is 0 Å². The van der Waals surface area contributed by atoms with Crippen molar-refractivity contribution >= 4 is 23.3 Å². The van der Waals surface area contributed by atoms with E-state index >= 15 is 0 Å². The van der Waals surface area contributed by atoms with Gasteiger partial charge in [0.05, 0.1) is 5.56 Å². The number of hydrogen-bond acceptors (Lipinski definition) is 4. The second kappa shape index (κ2) is 8.29. The van der Waals surface area contributed by atoms with Gasteiger partial charge in [-0.3, -0.25) is 0 Å². The fourth-order valence-corrected chi connectivity index (χ4v) is 4.75. The zero-order chi connectivity index (χ0) is 21.1. The molecule has 1 aliphatic rings. The molecule has 0 unspecified atom stereocenters. The summed E-state index contributed by atoms with van der Waals surface area (Å²) in [5.74, 6) is -0.232. The van der Waals surface area contributed by atoms with Crippen LogP contribution >= 0.6 is 11.8 Å². The van der Waals surface area contributed by atoms with E-state index in [-0.39, 0.29) is 11.1 Å². The van der Waals surface area contributed by atoms with Crippen molar-refractivity contribution in [2.45, 2.75) is 11.3 Å². The molecule has 0 saturated carbocycles. The molecule has 4 nitrogen and oxygen atoms in total. The molecule has 0 amide bonds. The lowest BCUT2D eigenvalue weighted by molar-refractivity contribution is 0.0697. The van der Waals surface area contributed by atoms with E-state index in [1.165, 1.54) is 0 Å². The molecule has 0 saturated heterocycles. The summed E-state index contributed by atoms with van der Waals surface area (Å²) >= 11 is 1.71. The largest absolute Gasteiger partial charge is 0.478 e. The van der Waals surface area contributed by atoms with Gasteiger partial charge in [-0.1, -0.05) is 48.5 Å². The average Bonchev–Trinajstić information content (AvgIpc) is 3.11. The lowest BCUT2D eigenvalue weighted by Gasteiger charge is -2.13. The molecular formula is C25H16N2O2S. The highest BCUT2D eigenvalue weighted by molar-refractivity contribution is 7.99. The summed E-state index contributed by atoms with van der Waals surface area (Å²) in [4.78, 5) is 13.1. The number of hydrogen-bond donors (Lipinski definition) is 1. The smallest absolute Gasteiger partial charge is 0.336 e. The van der Waals surface area contributed by atoms with E-state index in [1.54, 1.807) is 17.8 Å². The molecule has 3 aromatic carbocycles. The number of carbonyl (C=O) groups is 1. The Bertz CT molecular complexity index is 1250. The molecule has 0 heterocycles. The zero-order valence-corrected chi connectivity index (χ0v) is 16.7. The predicted octanol–water partition coefficient (Wildman–Crippen LogP) is 5.55. The highest BCUT2D eigenvalue weighted by Crippen LogP contribution is 2.49. The Morgan fingerprint density at radius 3 is 2.20 bits per heavy atom. The molecule has 0 aliphatic heterocycles. The monoisotopic (exact) mass is 408 g/mol. The van der Waals surface area contributed by atoms with Gasteiger partial charge in [-0.25, -0.2) is 4.79 Å². The van der Waals surface area contributed by atoms with Crippen LogP contribution < -0.4 is 0 Å². The number of carboxylic acid groups (broad SMARTS) is 1. The molecule has 144 valence electrons. The van der Waals surface area contributed by atoms with Crippen LogP contribution in [0.1, 0.15) is 27.0 Å². The van der Waals surface area contributed by atoms with Gasteiger partial charge in [0, 0.05) is 21.8 Å². The summed E-state index contributed by atoms with van der Waals surface area (Å²) in [6.07, 6.45) is 0.684. The molecule has 0 spiro atoms. The van der Waals surface area contributed by atoms with Crippen molar-refractivity contribution in [3.05, 3.63) is 94.6 Å². The topological polar surface area (TPSA) is 84.9 Å². The number of nitrogens with zero attached hydrogens (tertiary/aromatic N) is 2. The van der Waals surface area contributed by atoms with E-state index in [0.29, 0.717) is 23.1 Å². The lowest BCUT2D eigenvalue weighted by Crippen LogP contribution is -2.04. The van der Waals surface area contributed by atoms with Crippen LogP contribution in [0.5, 0.6) is 0 Å². The maximum absolute atomic E-state index is 11.9. The van der Waals surface area contributed by atoms with Crippen molar-refractivity contribution < 1.29 is 9.90 Å². The van der Waals surface area contributed by atoms with Gasteiger partial charge in [-0.15, -0.1) is 11.8 Å². The van der Waals surface area contributed by atoms with Crippen LogP contribution in [0.15, 0.2) is 77.2 Å². The Morgan fingerprint density at radius 1 is 0.867 bits per heavy atom. The first kappa shape index (κ1) is 19.5. The molecule has 0 atom stereocenters. The molecule has 1 N–H and O–H groups in total. The Hall–Kier alpha value is -3.80. The Kier molecular flexibility index (Phi) is 5.39. The second-order valence-corrected chi connectivity index (χ2v) is 7.93. The molecule has 30 heavy (non-hydrogen) atoms. The first-order chi connectivity index (χ1) is 14.7. The van der Waals surface area contributed by atoms with E-state index in [0.717, 1.165) is 27.3 Å². The number of aryl methyl sites for hydroxylation is 1. The van der Waals surface area contributed by atoms with E-state index in [4.69, 9.17) is 0 Å². The van der Waals surface area contributed by atoms with Gasteiger partial charge in [-0.2, -0.15) is 10.5 Å². The number of allylic oxidation sites excluding steroid dienone is 1. The van der Waals surface area contributed by atoms with Crippen LogP contribution in [0.4, 0.5) is 0 Å². The molecule has 0 fully saturated rings. The molecule has 3 aromatic rings. The van der Waals surface area contributed by atoms with Crippen LogP contribution in [0.2, 0.25) is 0 Å². The fourth-order valence-electron chi connectivity index (χ4n) is 3.84. The Balaban J connectivity index is 1.86. The maximum atomic E-state index is 11.9. The third-order valence-electron chi connectivity index (χ3n) is 5.09. The predicted molar refractivity (Wildman–Crippen MR) is 117 cm³/mol. The van der Waals surface area contributed by atoms with Gasteiger partial charge in [0.1, 0.15) is 17.7 Å². The second-order valence-electron chi connectivity index (χ2n) is 6.76. The van der Waals surface area contributed by atoms with Crippen LogP contribution in [0.25, 0.3) is 16.7 Å². The van der Waals surface area contributed by atoms with Crippen molar-refractivity contribution in [2.75, 3.05) is 5.75 Å². The van der Waals surface area contributed by atoms with E-state index < -0.39 is 5.97 Å². The van der Waals surface area contributed by atoms with Crippen LogP contribution in [0.3, 0.4) is 0 Å². The number of carboxylic acids is 1. The quantitative estimate of drug-likeness (QED) is 0.346. The third-order valence-corrected chi connectivity index (χ3v) is 6.11. The van der Waals surface area contributed by atoms with Crippen molar-refractivity contribution in [2.24, 2.45) is 0 Å². The average molecular weight is 408 g/mol. The molecule has 5 heteroatoms. The number of fused-ring (bicyclic) bond motifs is 3. The minimum Gasteiger partial charge on any atom is -0.478 e. The SMILES string of the molecule is N#CC(C#N)=C1c2ccccc2-c2c(C(=O)O)ccc(CCSc3ccccc3)c21. The number of thioether (sulfide) groups is 1. The number of aromatic carboxylic acids is 1. The highest BCUT2D eigenvalue weighted by Gasteiger charge is 2.32. The minimum atomic E-state index is -1.03. The van der Waals surface area contributed by atoms with Gasteiger partial charge < -0.3 is 5.11 Å². The number of nitriles is 2. The normalized spacial score (nSPS) is 11.2. The van der Waals surface area contributed by atoms with Crippen LogP contribution in [-0.2, 0) is 6.42 Å². The van der Waals surface area contributed by atoms with Crippen molar-refractivity contribution in [3.63, 3.8) is 0 Å². The summed E-state index contributed by atoms with van der Waals surface area (Å²) < 4.78 is 0. The number of benzene rings is 3. The number of rotatable bonds is 5. The standard InChI is InChI=1S/C25H16N2O2S/c26-14-17(15-27)22-19-8-4-5-9-20(19)24-21(25(28)29)11-10-16(23(22)24)12-13-30-18-6-2-1-3-7-18/h1-11H,12-13H2,(H,28,29). The lowest BCUT2D eigenvalue weighted by atomic mass is 9.91. The molecular weight excluding hydrogens is 392 g/mol. The van der Waals surface area contributed by atoms with Crippen molar-refractivity contribution in [3.8, 4) is 23.3 Å². The van der Waals surface area contributed by atoms with Crippen LogP contribution in [-0.4, -0.2) is 16.8 Å². The summed E-state index contributed by atoms with van der Waals surface area (Å²) in [5, 5.41) is 28.9. The summed E-state index contributed by atoms with van der Waals surface area (Å²) in [5.41, 5.74) is 4.43. The van der Waals surface area contributed by atoms with Crippen LogP contribution in [0, 0.1) is 22.7 Å². The van der Waals surface area contributed by atoms with Gasteiger partial charge >= 0.3 is 5.97 Å². The molecule has 4 rings (SSSR count). The Labute approximate surface area is 178 Å². The molecule has 0 aromatic heterocycles. The maximum Gasteiger partial charge on any atom is 0.336 e. The molecule has 1 aliphatic carbocycles. The van der Waals surface area contributed by atoms with Gasteiger partial charge in [0.15, 0.2) is 0 Å². The van der Waals surface area contributed by atoms with E-state index in [9.17, 15) is 20.4 Å². The van der Waals surface area contributed by atoms with Gasteiger partial charge in [0.2, 0.25) is 0 Å². The fraction of sp³-hybridized carbons (Fsp3) is 0.0800. The first-order valence-electron chi connectivity index (χ1n) is 9.37. The summed E-state index contributed by atoms with van der Waals surface area (Å²) in [6.45, 7) is 0. The molecule has 0 radical (unpaired) electrons. The highest BCUT2D eigenvalue weighted by atomic mass is 32.2. The van der Waals surface area contributed by atoms with Crippen molar-refractivity contribution in [1.29, 1.82) is 10.5 Å². The minimum absolute atomic E-state index is 0.000649. The summed E-state index contributed by atoms with van der Waals surface area (Å²) in [7, 11) is 0. The third kappa shape index (κ3) is 3.37. The zero-order valence-electron chi connectivity index (χ0n) is 15.9.